The van der Waals surface area contributed by atoms with Crippen LogP contribution >= 0.6 is 0 Å². The average molecular weight is 232 g/mol. The van der Waals surface area contributed by atoms with Crippen LogP contribution in [0.2, 0.25) is 0 Å². The second-order valence-electron chi connectivity index (χ2n) is 3.52. The van der Waals surface area contributed by atoms with Gasteiger partial charge in [-0.1, -0.05) is 0 Å². The Morgan fingerprint density at radius 1 is 1.29 bits per heavy atom. The number of nitrogens with zero attached hydrogens (tertiary/aromatic N) is 3. The quantitative estimate of drug-likeness (QED) is 0.882. The molecule has 1 aromatic heterocycles. The number of hydrogen-bond acceptors (Lipinski definition) is 4. The van der Waals surface area contributed by atoms with Crippen LogP contribution in [0.25, 0.3) is 0 Å². The maximum atomic E-state index is 12.9. The van der Waals surface area contributed by atoms with Gasteiger partial charge in [0.1, 0.15) is 12.1 Å². The van der Waals surface area contributed by atoms with E-state index < -0.39 is 0 Å². The maximum absolute atomic E-state index is 12.9. The largest absolute Gasteiger partial charge is 0.394 e. The predicted octanol–water partition coefficient (Wildman–Crippen LogP) is 2.36. The first-order chi connectivity index (χ1) is 8.22. The molecule has 0 radical (unpaired) electrons. The minimum Gasteiger partial charge on any atom is -0.394 e. The molecule has 0 aliphatic heterocycles. The molecule has 4 nitrogen and oxygen atoms in total. The molecule has 2 N–H and O–H groups in total. The van der Waals surface area contributed by atoms with Crippen LogP contribution in [0.15, 0.2) is 36.8 Å². The Labute approximate surface area is 98.9 Å². The van der Waals surface area contributed by atoms with Gasteiger partial charge in [0, 0.05) is 12.2 Å². The minimum atomic E-state index is -0.263. The van der Waals surface area contributed by atoms with Gasteiger partial charge in [0.05, 0.1) is 11.9 Å². The van der Waals surface area contributed by atoms with Gasteiger partial charge in [0.15, 0.2) is 5.82 Å². The first kappa shape index (κ1) is 11.3. The Morgan fingerprint density at radius 2 is 2.00 bits per heavy atom. The zero-order valence-electron chi connectivity index (χ0n) is 9.47. The third-order valence-corrected chi connectivity index (χ3v) is 2.43. The van der Waals surface area contributed by atoms with Gasteiger partial charge in [-0.25, -0.2) is 14.4 Å². The molecule has 0 saturated carbocycles. The summed E-state index contributed by atoms with van der Waals surface area (Å²) >= 11 is 0. The summed E-state index contributed by atoms with van der Waals surface area (Å²) in [6.45, 7) is 2.66. The maximum Gasteiger partial charge on any atom is 0.159 e. The van der Waals surface area contributed by atoms with Gasteiger partial charge in [-0.15, -0.1) is 0 Å². The number of nitrogen functional groups attached to an aromatic ring is 1. The lowest BCUT2D eigenvalue weighted by Crippen LogP contribution is -2.19. The third-order valence-electron chi connectivity index (χ3n) is 2.43. The Kier molecular flexibility index (Phi) is 3.18. The van der Waals surface area contributed by atoms with E-state index in [-0.39, 0.29) is 5.82 Å². The van der Waals surface area contributed by atoms with Crippen LogP contribution in [0.1, 0.15) is 6.92 Å². The van der Waals surface area contributed by atoms with Crippen LogP contribution in [-0.2, 0) is 0 Å². The van der Waals surface area contributed by atoms with E-state index in [0.29, 0.717) is 18.1 Å². The van der Waals surface area contributed by atoms with Gasteiger partial charge < -0.3 is 10.6 Å². The van der Waals surface area contributed by atoms with E-state index in [0.717, 1.165) is 5.69 Å². The summed E-state index contributed by atoms with van der Waals surface area (Å²) in [7, 11) is 0. The molecule has 0 bridgehead atoms. The average Bonchev–Trinajstić information content (AvgIpc) is 2.35. The van der Waals surface area contributed by atoms with Gasteiger partial charge in [0.25, 0.3) is 0 Å². The molecule has 2 aromatic rings. The summed E-state index contributed by atoms with van der Waals surface area (Å²) in [6.07, 6.45) is 2.99. The molecule has 17 heavy (non-hydrogen) atoms. The molecule has 0 saturated heterocycles. The molecule has 0 fully saturated rings. The van der Waals surface area contributed by atoms with Crippen molar-refractivity contribution in [1.29, 1.82) is 0 Å². The number of anilines is 3. The van der Waals surface area contributed by atoms with Crippen molar-refractivity contribution in [2.24, 2.45) is 0 Å². The molecule has 5 heteroatoms. The van der Waals surface area contributed by atoms with Gasteiger partial charge in [0.2, 0.25) is 0 Å². The van der Waals surface area contributed by atoms with Crippen LogP contribution in [-0.4, -0.2) is 16.5 Å². The highest BCUT2D eigenvalue weighted by molar-refractivity contribution is 5.69. The molecule has 0 atom stereocenters. The summed E-state index contributed by atoms with van der Waals surface area (Å²) in [5.41, 5.74) is 7.17. The van der Waals surface area contributed by atoms with Gasteiger partial charge in [-0.3, -0.25) is 0 Å². The molecule has 0 aliphatic carbocycles. The zero-order chi connectivity index (χ0) is 12.3. The highest BCUT2D eigenvalue weighted by atomic mass is 19.1. The Hall–Kier alpha value is -2.17. The van der Waals surface area contributed by atoms with Crippen molar-refractivity contribution in [3.05, 3.63) is 42.6 Å². The number of halogens is 1. The number of nitrogens with two attached hydrogens (primary N) is 1. The summed E-state index contributed by atoms with van der Waals surface area (Å²) in [5.74, 6) is 0.370. The van der Waals surface area contributed by atoms with E-state index in [2.05, 4.69) is 9.97 Å². The van der Waals surface area contributed by atoms with Crippen LogP contribution in [0.5, 0.6) is 0 Å². The summed E-state index contributed by atoms with van der Waals surface area (Å²) in [6, 6.07) is 6.21. The molecule has 0 unspecified atom stereocenters. The van der Waals surface area contributed by atoms with Crippen molar-refractivity contribution in [2.75, 3.05) is 17.2 Å². The van der Waals surface area contributed by atoms with Crippen molar-refractivity contribution in [3.8, 4) is 0 Å². The van der Waals surface area contributed by atoms with Gasteiger partial charge >= 0.3 is 0 Å². The molecular formula is C12H13FN4. The lowest BCUT2D eigenvalue weighted by atomic mass is 10.2. The van der Waals surface area contributed by atoms with Crippen molar-refractivity contribution < 1.29 is 4.39 Å². The SMILES string of the molecule is CCN(c1ccc(F)cc1)c1ncncc1N. The monoisotopic (exact) mass is 232 g/mol. The molecule has 0 spiro atoms. The number of aromatic nitrogens is 2. The van der Waals surface area contributed by atoms with Crippen LogP contribution in [0, 0.1) is 5.82 Å². The van der Waals surface area contributed by atoms with E-state index in [4.69, 9.17) is 5.73 Å². The second kappa shape index (κ2) is 4.78. The van der Waals surface area contributed by atoms with E-state index in [1.807, 2.05) is 11.8 Å². The lowest BCUT2D eigenvalue weighted by molar-refractivity contribution is 0.628. The standard InChI is InChI=1S/C12H13FN4/c1-2-17(10-5-3-9(13)4-6-10)12-11(14)7-15-8-16-12/h3-8H,2,14H2,1H3. The van der Waals surface area contributed by atoms with Crippen molar-refractivity contribution in [3.63, 3.8) is 0 Å². The fraction of sp³-hybridized carbons (Fsp3) is 0.167. The van der Waals surface area contributed by atoms with Crippen molar-refractivity contribution in [1.82, 2.24) is 9.97 Å². The fourth-order valence-electron chi connectivity index (χ4n) is 1.64. The molecule has 88 valence electrons. The van der Waals surface area contributed by atoms with Gasteiger partial charge in [-0.2, -0.15) is 0 Å². The first-order valence-electron chi connectivity index (χ1n) is 5.31. The first-order valence-corrected chi connectivity index (χ1v) is 5.31. The fourth-order valence-corrected chi connectivity index (χ4v) is 1.64. The summed E-state index contributed by atoms with van der Waals surface area (Å²) in [4.78, 5) is 9.89. The smallest absolute Gasteiger partial charge is 0.159 e. The molecular weight excluding hydrogens is 219 g/mol. The minimum absolute atomic E-state index is 0.263. The summed E-state index contributed by atoms with van der Waals surface area (Å²) < 4.78 is 12.9. The third kappa shape index (κ3) is 2.33. The molecule has 0 aliphatic rings. The van der Waals surface area contributed by atoms with Crippen LogP contribution < -0.4 is 10.6 Å². The Bertz CT molecular complexity index is 498. The molecule has 0 amide bonds. The number of rotatable bonds is 3. The van der Waals surface area contributed by atoms with E-state index in [9.17, 15) is 4.39 Å². The number of hydrogen-bond donors (Lipinski definition) is 1. The summed E-state index contributed by atoms with van der Waals surface area (Å²) in [5, 5.41) is 0. The number of benzene rings is 1. The molecule has 2 rings (SSSR count). The Morgan fingerprint density at radius 3 is 2.59 bits per heavy atom. The van der Waals surface area contributed by atoms with E-state index in [1.54, 1.807) is 18.3 Å². The topological polar surface area (TPSA) is 55.0 Å². The van der Waals surface area contributed by atoms with E-state index in [1.165, 1.54) is 18.5 Å². The van der Waals surface area contributed by atoms with Crippen molar-refractivity contribution in [2.45, 2.75) is 6.92 Å². The highest BCUT2D eigenvalue weighted by Gasteiger charge is 2.11. The molecule has 1 heterocycles. The lowest BCUT2D eigenvalue weighted by Gasteiger charge is -2.22. The molecule has 1 aromatic carbocycles. The van der Waals surface area contributed by atoms with E-state index >= 15 is 0 Å². The Balaban J connectivity index is 2.40. The normalized spacial score (nSPS) is 10.2. The van der Waals surface area contributed by atoms with Crippen LogP contribution in [0.3, 0.4) is 0 Å². The van der Waals surface area contributed by atoms with Crippen LogP contribution in [0.4, 0.5) is 21.6 Å². The van der Waals surface area contributed by atoms with Gasteiger partial charge in [-0.05, 0) is 31.2 Å². The zero-order valence-corrected chi connectivity index (χ0v) is 9.47. The second-order valence-corrected chi connectivity index (χ2v) is 3.52. The highest BCUT2D eigenvalue weighted by Crippen LogP contribution is 2.27. The predicted molar refractivity (Wildman–Crippen MR) is 65.5 cm³/mol. The van der Waals surface area contributed by atoms with Crippen molar-refractivity contribution >= 4 is 17.2 Å².